The topological polar surface area (TPSA) is 96.0 Å². The van der Waals surface area contributed by atoms with E-state index in [-0.39, 0.29) is 23.7 Å². The number of carbonyl (C=O) groups excluding carboxylic acids is 2. The summed E-state index contributed by atoms with van der Waals surface area (Å²) in [5, 5.41) is 18.2. The van der Waals surface area contributed by atoms with Crippen LogP contribution in [0.1, 0.15) is 70.9 Å². The molecule has 7 nitrogen and oxygen atoms in total. The van der Waals surface area contributed by atoms with Gasteiger partial charge >= 0.3 is 6.03 Å². The lowest BCUT2D eigenvalue weighted by Gasteiger charge is -2.25. The maximum Gasteiger partial charge on any atom is 0.319 e. The van der Waals surface area contributed by atoms with Gasteiger partial charge in [0.1, 0.15) is 11.0 Å². The van der Waals surface area contributed by atoms with Crippen molar-refractivity contribution >= 4 is 50.0 Å². The smallest absolute Gasteiger partial charge is 0.319 e. The third-order valence-corrected chi connectivity index (χ3v) is 7.56. The molecule has 3 aromatic rings. The van der Waals surface area contributed by atoms with Crippen molar-refractivity contribution in [1.29, 1.82) is 0 Å². The van der Waals surface area contributed by atoms with Gasteiger partial charge < -0.3 is 10.6 Å². The van der Waals surface area contributed by atoms with Gasteiger partial charge in [-0.05, 0) is 41.0 Å². The van der Waals surface area contributed by atoms with Crippen molar-refractivity contribution in [2.75, 3.05) is 10.6 Å². The minimum absolute atomic E-state index is 0.0838. The number of rotatable bonds is 9. The van der Waals surface area contributed by atoms with Crippen LogP contribution in [-0.2, 0) is 4.79 Å². The summed E-state index contributed by atoms with van der Waals surface area (Å²) in [5.74, 6) is 0.0775. The van der Waals surface area contributed by atoms with E-state index >= 15 is 0 Å². The van der Waals surface area contributed by atoms with Crippen LogP contribution in [0.25, 0.3) is 10.6 Å². The Hall–Kier alpha value is -2.78. The van der Waals surface area contributed by atoms with Gasteiger partial charge in [0.25, 0.3) is 0 Å². The lowest BCUT2D eigenvalue weighted by Crippen LogP contribution is -2.49. The number of hydrogen-bond donors (Lipinski definition) is 3. The molecular weight excluding hydrogens is 538 g/mol. The number of amides is 3. The van der Waals surface area contributed by atoms with Crippen LogP contribution in [-0.4, -0.2) is 28.2 Å². The zero-order valence-electron chi connectivity index (χ0n) is 21.6. The molecule has 1 aromatic heterocycles. The molecule has 0 fully saturated rings. The normalized spacial score (nSPS) is 12.9. The average Bonchev–Trinajstić information content (AvgIpc) is 3.30. The van der Waals surface area contributed by atoms with Gasteiger partial charge in [-0.1, -0.05) is 106 Å². The second-order valence-corrected chi connectivity index (χ2v) is 11.4. The van der Waals surface area contributed by atoms with Gasteiger partial charge in [0.05, 0.1) is 0 Å². The highest BCUT2D eigenvalue weighted by Crippen LogP contribution is 2.32. The van der Waals surface area contributed by atoms with E-state index in [0.717, 1.165) is 33.3 Å². The summed E-state index contributed by atoms with van der Waals surface area (Å²) in [7, 11) is 0. The number of halogens is 1. The van der Waals surface area contributed by atoms with Gasteiger partial charge in [0, 0.05) is 15.7 Å². The molecule has 2 aromatic carbocycles. The first-order chi connectivity index (χ1) is 17.1. The first kappa shape index (κ1) is 27.8. The summed E-state index contributed by atoms with van der Waals surface area (Å²) >= 11 is 4.72. The zero-order chi connectivity index (χ0) is 26.4. The minimum atomic E-state index is -0.733. The molecule has 1 heterocycles. The van der Waals surface area contributed by atoms with Crippen molar-refractivity contribution in [3.8, 4) is 10.6 Å². The van der Waals surface area contributed by atoms with Gasteiger partial charge in [0.15, 0.2) is 0 Å². The Bertz CT molecular complexity index is 1170. The maximum atomic E-state index is 13.2. The fourth-order valence-corrected chi connectivity index (χ4v) is 4.87. The van der Waals surface area contributed by atoms with Gasteiger partial charge in [0.2, 0.25) is 11.0 Å². The summed E-state index contributed by atoms with van der Waals surface area (Å²) in [6.07, 6.45) is 0.721. The molecular formula is C27H34BrN5O2S. The molecule has 0 saturated carbocycles. The first-order valence-corrected chi connectivity index (χ1v) is 13.8. The fourth-order valence-electron chi connectivity index (χ4n) is 3.85. The molecule has 0 bridgehead atoms. The quantitative estimate of drug-likeness (QED) is 0.249. The average molecular weight is 573 g/mol. The number of carbonyl (C=O) groups is 2. The Morgan fingerprint density at radius 3 is 2.08 bits per heavy atom. The molecule has 3 rings (SSSR count). The Kier molecular flexibility index (Phi) is 9.62. The number of para-hydroxylation sites is 1. The van der Waals surface area contributed by atoms with Gasteiger partial charge in [-0.25, -0.2) is 4.79 Å². The highest BCUT2D eigenvalue weighted by atomic mass is 79.9. The van der Waals surface area contributed by atoms with E-state index in [1.807, 2.05) is 56.3 Å². The highest BCUT2D eigenvalue weighted by Gasteiger charge is 2.28. The van der Waals surface area contributed by atoms with E-state index < -0.39 is 12.1 Å². The van der Waals surface area contributed by atoms with Crippen molar-refractivity contribution in [3.05, 3.63) is 58.1 Å². The predicted octanol–water partition coefficient (Wildman–Crippen LogP) is 7.39. The molecule has 0 spiro atoms. The van der Waals surface area contributed by atoms with E-state index in [4.69, 9.17) is 0 Å². The zero-order valence-corrected chi connectivity index (χ0v) is 24.0. The van der Waals surface area contributed by atoms with Crippen molar-refractivity contribution < 1.29 is 9.59 Å². The standard InChI is InChI=1S/C27H34BrN5O2S/c1-7-17(6)22(24(34)31-27-33-32-25(36-27)18-11-13-19(28)14-12-18)29-26(35)30-23-20(15(2)3)9-8-10-21(23)16(4)5/h8-17,22H,7H2,1-6H3,(H2,29,30,35)(H,31,33,34)/t17-,22-/m1/s1. The van der Waals surface area contributed by atoms with Gasteiger partial charge in [-0.15, -0.1) is 10.2 Å². The van der Waals surface area contributed by atoms with Crippen molar-refractivity contribution in [2.45, 2.75) is 65.8 Å². The molecule has 0 unspecified atom stereocenters. The SMILES string of the molecule is CC[C@@H](C)[C@@H](NC(=O)Nc1c(C(C)C)cccc1C(C)C)C(=O)Nc1nnc(-c2ccc(Br)cc2)s1. The first-order valence-electron chi connectivity index (χ1n) is 12.2. The Labute approximate surface area is 225 Å². The molecule has 9 heteroatoms. The van der Waals surface area contributed by atoms with Crippen LogP contribution in [0, 0.1) is 5.92 Å². The number of anilines is 2. The van der Waals surface area contributed by atoms with Gasteiger partial charge in [-0.2, -0.15) is 0 Å². The predicted molar refractivity (Wildman–Crippen MR) is 152 cm³/mol. The number of nitrogens with zero attached hydrogens (tertiary/aromatic N) is 2. The van der Waals surface area contributed by atoms with Crippen LogP contribution in [0.3, 0.4) is 0 Å². The number of aromatic nitrogens is 2. The van der Waals surface area contributed by atoms with E-state index in [0.29, 0.717) is 10.1 Å². The van der Waals surface area contributed by atoms with Crippen LogP contribution in [0.4, 0.5) is 15.6 Å². The summed E-state index contributed by atoms with van der Waals surface area (Å²) in [6, 6.07) is 12.7. The Morgan fingerprint density at radius 1 is 0.917 bits per heavy atom. The second-order valence-electron chi connectivity index (χ2n) is 9.49. The number of urea groups is 1. The second kappa shape index (κ2) is 12.5. The monoisotopic (exact) mass is 571 g/mol. The molecule has 36 heavy (non-hydrogen) atoms. The van der Waals surface area contributed by atoms with E-state index in [1.54, 1.807) is 0 Å². The summed E-state index contributed by atoms with van der Waals surface area (Å²) in [4.78, 5) is 26.4. The lowest BCUT2D eigenvalue weighted by atomic mass is 9.92. The largest absolute Gasteiger partial charge is 0.326 e. The van der Waals surface area contributed by atoms with E-state index in [1.165, 1.54) is 11.3 Å². The number of nitrogens with one attached hydrogen (secondary N) is 3. The Balaban J connectivity index is 1.76. The van der Waals surface area contributed by atoms with Crippen molar-refractivity contribution in [3.63, 3.8) is 0 Å². The molecule has 0 aliphatic rings. The summed E-state index contributed by atoms with van der Waals surface area (Å²) < 4.78 is 0.974. The number of benzene rings is 2. The van der Waals surface area contributed by atoms with Crippen LogP contribution in [0.15, 0.2) is 46.9 Å². The molecule has 0 saturated heterocycles. The maximum absolute atomic E-state index is 13.2. The van der Waals surface area contributed by atoms with Crippen LogP contribution in [0.2, 0.25) is 0 Å². The lowest BCUT2D eigenvalue weighted by molar-refractivity contribution is -0.119. The molecule has 0 aliphatic heterocycles. The third kappa shape index (κ3) is 6.91. The van der Waals surface area contributed by atoms with Crippen LogP contribution < -0.4 is 16.0 Å². The van der Waals surface area contributed by atoms with Gasteiger partial charge in [-0.3, -0.25) is 10.1 Å². The summed E-state index contributed by atoms with van der Waals surface area (Å²) in [5.41, 5.74) is 3.86. The molecule has 192 valence electrons. The van der Waals surface area contributed by atoms with Crippen molar-refractivity contribution in [1.82, 2.24) is 15.5 Å². The number of hydrogen-bond acceptors (Lipinski definition) is 5. The molecule has 3 N–H and O–H groups in total. The van der Waals surface area contributed by atoms with Crippen LogP contribution in [0.5, 0.6) is 0 Å². The highest BCUT2D eigenvalue weighted by molar-refractivity contribution is 9.10. The van der Waals surface area contributed by atoms with Crippen molar-refractivity contribution in [2.24, 2.45) is 5.92 Å². The minimum Gasteiger partial charge on any atom is -0.326 e. The third-order valence-electron chi connectivity index (χ3n) is 6.14. The molecule has 2 atom stereocenters. The van der Waals surface area contributed by atoms with Crippen LogP contribution >= 0.6 is 27.3 Å². The molecule has 0 radical (unpaired) electrons. The Morgan fingerprint density at radius 2 is 1.53 bits per heavy atom. The summed E-state index contributed by atoms with van der Waals surface area (Å²) in [6.45, 7) is 12.3. The molecule has 0 aliphatic carbocycles. The molecule has 3 amide bonds. The fraction of sp³-hybridized carbons (Fsp3) is 0.407. The van der Waals surface area contributed by atoms with E-state index in [9.17, 15) is 9.59 Å². The van der Waals surface area contributed by atoms with E-state index in [2.05, 4.69) is 69.8 Å².